The average Bonchev–Trinajstić information content (AvgIpc) is 3.09. The van der Waals surface area contributed by atoms with E-state index in [1.807, 2.05) is 19.1 Å². The minimum absolute atomic E-state index is 0.332. The molecule has 0 bridgehead atoms. The van der Waals surface area contributed by atoms with E-state index in [1.54, 1.807) is 30.6 Å². The second-order valence-electron chi connectivity index (χ2n) is 5.84. The van der Waals surface area contributed by atoms with Gasteiger partial charge in [-0.2, -0.15) is 0 Å². The molecule has 8 heteroatoms. The maximum atomic E-state index is 12.5. The van der Waals surface area contributed by atoms with Crippen LogP contribution >= 0.6 is 27.7 Å². The predicted octanol–water partition coefficient (Wildman–Crippen LogP) is 4.02. The van der Waals surface area contributed by atoms with Crippen molar-refractivity contribution in [1.82, 2.24) is 20.8 Å². The fourth-order valence-electron chi connectivity index (χ4n) is 2.28. The molecule has 3 N–H and O–H groups in total. The lowest BCUT2D eigenvalue weighted by Crippen LogP contribution is -2.42. The highest BCUT2D eigenvalue weighted by atomic mass is 79.9. The van der Waals surface area contributed by atoms with Gasteiger partial charge in [-0.1, -0.05) is 17.8 Å². The number of aromatic nitrogens is 2. The molecule has 2 aromatic heterocycles. The number of aryl methyl sites for hydroxylation is 2. The number of carbonyl (C=O) groups excluding carboxylic acids is 2. The molecule has 6 nitrogen and oxygen atoms in total. The maximum absolute atomic E-state index is 12.5. The number of nitrogens with zero attached hydrogens (tertiary/aromatic N) is 1. The molecule has 2 heterocycles. The minimum atomic E-state index is -0.443. The number of H-pyrrole nitrogens is 1. The lowest BCUT2D eigenvalue weighted by molar-refractivity contribution is 0.0842. The summed E-state index contributed by atoms with van der Waals surface area (Å²) in [4.78, 5) is 32.7. The monoisotopic (exact) mass is 444 g/mol. The van der Waals surface area contributed by atoms with Gasteiger partial charge >= 0.3 is 0 Å². The minimum Gasteiger partial charge on any atom is -0.356 e. The van der Waals surface area contributed by atoms with Crippen LogP contribution in [0.1, 0.15) is 32.0 Å². The lowest BCUT2D eigenvalue weighted by atomic mass is 10.1. The van der Waals surface area contributed by atoms with E-state index in [2.05, 4.69) is 49.7 Å². The van der Waals surface area contributed by atoms with E-state index < -0.39 is 11.8 Å². The molecule has 0 aliphatic heterocycles. The fourth-order valence-corrected chi connectivity index (χ4v) is 3.60. The molecule has 0 saturated carbocycles. The number of amides is 2. The van der Waals surface area contributed by atoms with Crippen LogP contribution in [0.3, 0.4) is 0 Å². The highest BCUT2D eigenvalue weighted by molar-refractivity contribution is 9.10. The number of aromatic amines is 1. The van der Waals surface area contributed by atoms with Crippen LogP contribution in [0, 0.1) is 13.8 Å². The second kappa shape index (κ2) is 8.41. The number of pyridine rings is 1. The van der Waals surface area contributed by atoms with Crippen LogP contribution in [-0.2, 0) is 0 Å². The Morgan fingerprint density at radius 1 is 1.07 bits per heavy atom. The van der Waals surface area contributed by atoms with Crippen LogP contribution in [0.5, 0.6) is 0 Å². The first-order valence-corrected chi connectivity index (χ1v) is 9.69. The van der Waals surface area contributed by atoms with Crippen LogP contribution < -0.4 is 10.9 Å². The van der Waals surface area contributed by atoms with Crippen LogP contribution in [0.2, 0.25) is 0 Å². The predicted molar refractivity (Wildman–Crippen MR) is 108 cm³/mol. The van der Waals surface area contributed by atoms with Gasteiger partial charge in [0.05, 0.1) is 5.56 Å². The van der Waals surface area contributed by atoms with Gasteiger partial charge in [-0.05, 0) is 71.2 Å². The third kappa shape index (κ3) is 4.78. The van der Waals surface area contributed by atoms with Gasteiger partial charge < -0.3 is 4.98 Å². The summed E-state index contributed by atoms with van der Waals surface area (Å²) in [5.41, 5.74) is 7.91. The summed E-state index contributed by atoms with van der Waals surface area (Å²) in [6, 6.07) is 11.1. The van der Waals surface area contributed by atoms with Gasteiger partial charge in [0.15, 0.2) is 0 Å². The first-order valence-electron chi connectivity index (χ1n) is 8.09. The van der Waals surface area contributed by atoms with Gasteiger partial charge in [-0.3, -0.25) is 20.4 Å². The number of hydrogen-bond acceptors (Lipinski definition) is 4. The largest absolute Gasteiger partial charge is 0.356 e. The molecule has 0 aliphatic carbocycles. The van der Waals surface area contributed by atoms with E-state index in [-0.39, 0.29) is 0 Å². The zero-order valence-corrected chi connectivity index (χ0v) is 17.1. The molecule has 138 valence electrons. The quantitative estimate of drug-likeness (QED) is 0.530. The molecule has 0 radical (unpaired) electrons. The third-order valence-corrected chi connectivity index (χ3v) is 5.36. The first kappa shape index (κ1) is 19.2. The van der Waals surface area contributed by atoms with Crippen LogP contribution in [0.25, 0.3) is 0 Å². The van der Waals surface area contributed by atoms with Crippen molar-refractivity contribution < 1.29 is 9.59 Å². The molecule has 0 aliphatic rings. The average molecular weight is 445 g/mol. The van der Waals surface area contributed by atoms with E-state index in [4.69, 9.17) is 0 Å². The second-order valence-corrected chi connectivity index (χ2v) is 7.82. The standard InChI is InChI=1S/C19H17BrN4O2S/c1-11-5-6-14(8-12(11)2)27-19-15(4-3-7-21-19)17(25)23-24-18(26)16-9-13(20)10-22-16/h3-10,22H,1-2H3,(H,23,25)(H,24,26). The van der Waals surface area contributed by atoms with E-state index in [0.29, 0.717) is 16.3 Å². The van der Waals surface area contributed by atoms with Crippen molar-refractivity contribution in [2.45, 2.75) is 23.8 Å². The molecule has 27 heavy (non-hydrogen) atoms. The Kier molecular flexibility index (Phi) is 5.98. The van der Waals surface area contributed by atoms with Gasteiger partial charge in [0.2, 0.25) is 0 Å². The summed E-state index contributed by atoms with van der Waals surface area (Å²) in [7, 11) is 0. The molecule has 2 amide bonds. The topological polar surface area (TPSA) is 86.9 Å². The van der Waals surface area contributed by atoms with Gasteiger partial charge in [0.25, 0.3) is 11.8 Å². The normalized spacial score (nSPS) is 10.5. The molecule has 1 aromatic carbocycles. The Morgan fingerprint density at radius 2 is 1.85 bits per heavy atom. The molecule has 0 unspecified atom stereocenters. The fraction of sp³-hybridized carbons (Fsp3) is 0.105. The van der Waals surface area contributed by atoms with E-state index >= 15 is 0 Å². The van der Waals surface area contributed by atoms with E-state index in [9.17, 15) is 9.59 Å². The Labute approximate surface area is 169 Å². The highest BCUT2D eigenvalue weighted by Gasteiger charge is 2.15. The Morgan fingerprint density at radius 3 is 2.56 bits per heavy atom. The number of halogens is 1. The van der Waals surface area contributed by atoms with Gasteiger partial charge in [-0.25, -0.2) is 4.98 Å². The summed E-state index contributed by atoms with van der Waals surface area (Å²) in [5, 5.41) is 0.565. The molecule has 0 spiro atoms. The summed E-state index contributed by atoms with van der Waals surface area (Å²) < 4.78 is 0.748. The smallest absolute Gasteiger partial charge is 0.286 e. The number of hydrogen-bond donors (Lipinski definition) is 3. The molecule has 0 atom stereocenters. The number of hydrazine groups is 1. The number of nitrogens with one attached hydrogen (secondary N) is 3. The van der Waals surface area contributed by atoms with Crippen molar-refractivity contribution >= 4 is 39.5 Å². The third-order valence-electron chi connectivity index (χ3n) is 3.89. The van der Waals surface area contributed by atoms with Gasteiger partial charge in [0.1, 0.15) is 10.7 Å². The molecular weight excluding hydrogens is 428 g/mol. The summed E-state index contributed by atoms with van der Waals surface area (Å²) in [5.74, 6) is -0.880. The molecule has 0 fully saturated rings. The van der Waals surface area contributed by atoms with Crippen molar-refractivity contribution in [3.63, 3.8) is 0 Å². The molecule has 3 aromatic rings. The number of benzene rings is 1. The Bertz CT molecular complexity index is 1000. The number of carbonyl (C=O) groups is 2. The van der Waals surface area contributed by atoms with Crippen LogP contribution in [-0.4, -0.2) is 21.8 Å². The van der Waals surface area contributed by atoms with Crippen molar-refractivity contribution in [1.29, 1.82) is 0 Å². The molecule has 0 saturated heterocycles. The van der Waals surface area contributed by atoms with Crippen molar-refractivity contribution in [2.24, 2.45) is 0 Å². The summed E-state index contributed by atoms with van der Waals surface area (Å²) in [6.07, 6.45) is 3.27. The first-order chi connectivity index (χ1) is 12.9. The van der Waals surface area contributed by atoms with Crippen LogP contribution in [0.15, 0.2) is 63.2 Å². The SMILES string of the molecule is Cc1ccc(Sc2ncccc2C(=O)NNC(=O)c2cc(Br)c[nH]2)cc1C. The maximum Gasteiger partial charge on any atom is 0.286 e. The van der Waals surface area contributed by atoms with Crippen molar-refractivity contribution in [2.75, 3.05) is 0 Å². The number of rotatable bonds is 4. The van der Waals surface area contributed by atoms with Crippen LogP contribution in [0.4, 0.5) is 0 Å². The zero-order chi connectivity index (χ0) is 19.4. The molecular formula is C19H17BrN4O2S. The van der Waals surface area contributed by atoms with Gasteiger partial charge in [-0.15, -0.1) is 0 Å². The van der Waals surface area contributed by atoms with Crippen molar-refractivity contribution in [3.05, 3.63) is 75.6 Å². The summed E-state index contributed by atoms with van der Waals surface area (Å²) in [6.45, 7) is 4.09. The van der Waals surface area contributed by atoms with E-state index in [1.165, 1.54) is 22.9 Å². The zero-order valence-electron chi connectivity index (χ0n) is 14.7. The summed E-state index contributed by atoms with van der Waals surface area (Å²) >= 11 is 4.66. The van der Waals surface area contributed by atoms with Crippen molar-refractivity contribution in [3.8, 4) is 0 Å². The van der Waals surface area contributed by atoms with E-state index in [0.717, 1.165) is 9.37 Å². The Balaban J connectivity index is 1.71. The van der Waals surface area contributed by atoms with Gasteiger partial charge in [0, 0.05) is 21.8 Å². The highest BCUT2D eigenvalue weighted by Crippen LogP contribution is 2.29. The lowest BCUT2D eigenvalue weighted by Gasteiger charge is -2.10. The molecule has 3 rings (SSSR count). The Hall–Kier alpha value is -2.58.